The zero-order chi connectivity index (χ0) is 13.9. The minimum atomic E-state index is 0.195. The van der Waals surface area contributed by atoms with E-state index in [1.54, 1.807) is 6.26 Å². The van der Waals surface area contributed by atoms with Crippen LogP contribution in [0.4, 0.5) is 5.82 Å². The van der Waals surface area contributed by atoms with E-state index in [0.29, 0.717) is 24.6 Å². The van der Waals surface area contributed by atoms with Crippen molar-refractivity contribution in [1.29, 1.82) is 0 Å². The van der Waals surface area contributed by atoms with Gasteiger partial charge >= 0.3 is 0 Å². The minimum absolute atomic E-state index is 0.195. The van der Waals surface area contributed by atoms with Crippen molar-refractivity contribution in [3.05, 3.63) is 41.2 Å². The molecule has 104 valence electrons. The maximum Gasteiger partial charge on any atom is 0.226 e. The van der Waals surface area contributed by atoms with Crippen LogP contribution in [0.15, 0.2) is 28.9 Å². The fraction of sp³-hybridized carbons (Fsp3) is 0.231. The highest BCUT2D eigenvalue weighted by molar-refractivity contribution is 6.28. The Bertz CT molecular complexity index is 707. The number of nitrogens with zero attached hydrogens (tertiary/aromatic N) is 2. The van der Waals surface area contributed by atoms with Crippen LogP contribution < -0.4 is 11.1 Å². The largest absolute Gasteiger partial charge is 0.467 e. The van der Waals surface area contributed by atoms with Crippen LogP contribution in [0.5, 0.6) is 0 Å². The van der Waals surface area contributed by atoms with Gasteiger partial charge in [0.2, 0.25) is 5.28 Å². The van der Waals surface area contributed by atoms with E-state index in [1.807, 2.05) is 18.2 Å². The van der Waals surface area contributed by atoms with E-state index in [-0.39, 0.29) is 5.28 Å². The van der Waals surface area contributed by atoms with Crippen LogP contribution in [0.1, 0.15) is 11.5 Å². The van der Waals surface area contributed by atoms with Crippen molar-refractivity contribution in [3.63, 3.8) is 0 Å². The average Bonchev–Trinajstić information content (AvgIpc) is 3.05. The average molecular weight is 292 g/mol. The monoisotopic (exact) mass is 291 g/mol. The number of furan rings is 1. The van der Waals surface area contributed by atoms with E-state index >= 15 is 0 Å². The second-order valence-corrected chi connectivity index (χ2v) is 4.71. The molecule has 0 aromatic carbocycles. The molecule has 3 aromatic heterocycles. The van der Waals surface area contributed by atoms with E-state index in [4.69, 9.17) is 21.8 Å². The first-order valence-corrected chi connectivity index (χ1v) is 6.65. The van der Waals surface area contributed by atoms with Gasteiger partial charge in [0.25, 0.3) is 0 Å². The number of nitrogens with two attached hydrogens (primary N) is 1. The van der Waals surface area contributed by atoms with Gasteiger partial charge in [-0.3, -0.25) is 0 Å². The number of nitrogens with one attached hydrogen (secondary N) is 2. The Balaban J connectivity index is 1.91. The van der Waals surface area contributed by atoms with Gasteiger partial charge in [-0.1, -0.05) is 0 Å². The predicted octanol–water partition coefficient (Wildman–Crippen LogP) is 2.32. The molecule has 3 heterocycles. The highest BCUT2D eigenvalue weighted by Crippen LogP contribution is 2.23. The van der Waals surface area contributed by atoms with Gasteiger partial charge in [0, 0.05) is 5.69 Å². The minimum Gasteiger partial charge on any atom is -0.467 e. The number of hydrogen-bond donors (Lipinski definition) is 3. The van der Waals surface area contributed by atoms with Gasteiger partial charge in [-0.15, -0.1) is 0 Å². The molecule has 7 heteroatoms. The Morgan fingerprint density at radius 3 is 3.05 bits per heavy atom. The van der Waals surface area contributed by atoms with Crippen LogP contribution in [0.25, 0.3) is 11.0 Å². The number of aromatic nitrogens is 3. The molecule has 0 amide bonds. The highest BCUT2D eigenvalue weighted by atomic mass is 35.5. The molecule has 0 atom stereocenters. The molecule has 6 nitrogen and oxygen atoms in total. The van der Waals surface area contributed by atoms with Crippen molar-refractivity contribution < 1.29 is 4.42 Å². The summed E-state index contributed by atoms with van der Waals surface area (Å²) in [5.41, 5.74) is 7.28. The van der Waals surface area contributed by atoms with Gasteiger partial charge in [-0.25, -0.2) is 4.98 Å². The van der Waals surface area contributed by atoms with Gasteiger partial charge in [0.15, 0.2) is 0 Å². The van der Waals surface area contributed by atoms with Gasteiger partial charge in [0.1, 0.15) is 17.2 Å². The lowest BCUT2D eigenvalue weighted by Crippen LogP contribution is -2.02. The molecule has 0 aliphatic rings. The van der Waals surface area contributed by atoms with Crippen LogP contribution in [-0.4, -0.2) is 21.5 Å². The summed E-state index contributed by atoms with van der Waals surface area (Å²) < 4.78 is 5.28. The molecular formula is C13H14ClN5O. The Morgan fingerprint density at radius 2 is 2.30 bits per heavy atom. The molecule has 0 aliphatic carbocycles. The van der Waals surface area contributed by atoms with Crippen LogP contribution in [0, 0.1) is 0 Å². The van der Waals surface area contributed by atoms with Crippen LogP contribution in [0.3, 0.4) is 0 Å². The van der Waals surface area contributed by atoms with Crippen molar-refractivity contribution in [2.75, 3.05) is 11.9 Å². The molecular weight excluding hydrogens is 278 g/mol. The van der Waals surface area contributed by atoms with Gasteiger partial charge in [-0.05, 0) is 42.8 Å². The normalized spacial score (nSPS) is 11.1. The number of fused-ring (bicyclic) bond motifs is 1. The third-order valence-corrected chi connectivity index (χ3v) is 3.11. The first kappa shape index (κ1) is 13.0. The summed E-state index contributed by atoms with van der Waals surface area (Å²) in [5, 5.41) is 4.29. The summed E-state index contributed by atoms with van der Waals surface area (Å²) in [4.78, 5) is 11.6. The first-order chi connectivity index (χ1) is 9.76. The van der Waals surface area contributed by atoms with E-state index in [2.05, 4.69) is 20.3 Å². The Hall–Kier alpha value is -2.05. The Kier molecular flexibility index (Phi) is 3.58. The lowest BCUT2D eigenvalue weighted by molar-refractivity contribution is 0.518. The number of anilines is 1. The summed E-state index contributed by atoms with van der Waals surface area (Å²) in [7, 11) is 0. The van der Waals surface area contributed by atoms with Gasteiger partial charge in [-0.2, -0.15) is 4.98 Å². The van der Waals surface area contributed by atoms with Crippen molar-refractivity contribution in [1.82, 2.24) is 15.0 Å². The third kappa shape index (κ3) is 2.61. The molecule has 3 rings (SSSR count). The molecule has 0 bridgehead atoms. The van der Waals surface area contributed by atoms with Crippen LogP contribution >= 0.6 is 11.6 Å². The van der Waals surface area contributed by atoms with Crippen molar-refractivity contribution in [2.24, 2.45) is 5.73 Å². The molecule has 0 saturated heterocycles. The number of halogens is 1. The zero-order valence-electron chi connectivity index (χ0n) is 10.7. The van der Waals surface area contributed by atoms with Crippen LogP contribution in [0.2, 0.25) is 5.28 Å². The summed E-state index contributed by atoms with van der Waals surface area (Å²) in [6, 6.07) is 5.72. The summed E-state index contributed by atoms with van der Waals surface area (Å²) in [6.45, 7) is 1.11. The molecule has 0 unspecified atom stereocenters. The second kappa shape index (κ2) is 5.52. The molecule has 0 radical (unpaired) electrons. The number of rotatable bonds is 5. The SMILES string of the molecule is NCCc1cc2c(NCc3ccco3)nc(Cl)nc2[nH]1. The Labute approximate surface area is 120 Å². The van der Waals surface area contributed by atoms with Crippen LogP contribution in [-0.2, 0) is 13.0 Å². The topological polar surface area (TPSA) is 92.8 Å². The van der Waals surface area contributed by atoms with Crippen molar-refractivity contribution >= 4 is 28.5 Å². The maximum absolute atomic E-state index is 5.94. The smallest absolute Gasteiger partial charge is 0.226 e. The number of H-pyrrole nitrogens is 1. The summed E-state index contributed by atoms with van der Waals surface area (Å²) in [6.07, 6.45) is 2.39. The quantitative estimate of drug-likeness (QED) is 0.627. The highest BCUT2D eigenvalue weighted by Gasteiger charge is 2.10. The maximum atomic E-state index is 5.94. The first-order valence-electron chi connectivity index (χ1n) is 6.27. The van der Waals surface area contributed by atoms with E-state index in [0.717, 1.165) is 23.3 Å². The molecule has 3 aromatic rings. The van der Waals surface area contributed by atoms with Gasteiger partial charge < -0.3 is 20.5 Å². The van der Waals surface area contributed by atoms with Gasteiger partial charge in [0.05, 0.1) is 18.2 Å². The second-order valence-electron chi connectivity index (χ2n) is 4.37. The lowest BCUT2D eigenvalue weighted by atomic mass is 10.3. The van der Waals surface area contributed by atoms with E-state index < -0.39 is 0 Å². The zero-order valence-corrected chi connectivity index (χ0v) is 11.4. The third-order valence-electron chi connectivity index (χ3n) is 2.94. The fourth-order valence-corrected chi connectivity index (χ4v) is 2.21. The molecule has 0 spiro atoms. The standard InChI is InChI=1S/C13H14ClN5O/c14-13-18-11(16-7-9-2-1-5-20-9)10-6-8(3-4-15)17-12(10)19-13/h1-2,5-6H,3-4,7,15H2,(H2,16,17,18,19). The lowest BCUT2D eigenvalue weighted by Gasteiger charge is -2.04. The molecule has 0 fully saturated rings. The van der Waals surface area contributed by atoms with Crippen molar-refractivity contribution in [3.8, 4) is 0 Å². The summed E-state index contributed by atoms with van der Waals surface area (Å²) >= 11 is 5.94. The molecule has 0 saturated carbocycles. The fourth-order valence-electron chi connectivity index (χ4n) is 2.05. The number of aromatic amines is 1. The molecule has 4 N–H and O–H groups in total. The Morgan fingerprint density at radius 1 is 1.40 bits per heavy atom. The van der Waals surface area contributed by atoms with Crippen molar-refractivity contribution in [2.45, 2.75) is 13.0 Å². The number of hydrogen-bond acceptors (Lipinski definition) is 5. The summed E-state index contributed by atoms with van der Waals surface area (Å²) in [5.74, 6) is 1.50. The molecule has 0 aliphatic heterocycles. The van der Waals surface area contributed by atoms with E-state index in [9.17, 15) is 0 Å². The predicted molar refractivity (Wildman–Crippen MR) is 77.7 cm³/mol. The van der Waals surface area contributed by atoms with E-state index in [1.165, 1.54) is 0 Å². The molecule has 20 heavy (non-hydrogen) atoms.